The maximum atomic E-state index is 10.0. The number of aryl methyl sites for hydroxylation is 1. The fourth-order valence-electron chi connectivity index (χ4n) is 2.06. The first-order chi connectivity index (χ1) is 9.11. The SMILES string of the molecule is CN=C(NCCc1csc(C)n1)NCC1(O)CCC1. The van der Waals surface area contributed by atoms with Gasteiger partial charge in [0.15, 0.2) is 5.96 Å². The molecular formula is C13H22N4OS. The number of guanidine groups is 1. The molecule has 3 N–H and O–H groups in total. The van der Waals surface area contributed by atoms with Crippen LogP contribution in [0.25, 0.3) is 0 Å². The predicted molar refractivity (Wildman–Crippen MR) is 78.7 cm³/mol. The first kappa shape index (κ1) is 14.3. The Morgan fingerprint density at radius 3 is 2.84 bits per heavy atom. The second kappa shape index (κ2) is 6.34. The third-order valence-corrected chi connectivity index (χ3v) is 4.26. The Bertz CT molecular complexity index is 440. The second-order valence-corrected chi connectivity index (χ2v) is 6.10. The third kappa shape index (κ3) is 4.18. The standard InChI is InChI=1S/C13H22N4OS/c1-10-17-11(8-19-10)4-7-15-12(14-2)16-9-13(18)5-3-6-13/h8,18H,3-7,9H2,1-2H3,(H2,14,15,16). The highest BCUT2D eigenvalue weighted by atomic mass is 32.1. The van der Waals surface area contributed by atoms with Gasteiger partial charge < -0.3 is 15.7 Å². The minimum atomic E-state index is -0.524. The minimum absolute atomic E-state index is 0.524. The highest BCUT2D eigenvalue weighted by Crippen LogP contribution is 2.30. The Hall–Kier alpha value is -1.14. The number of nitrogens with one attached hydrogen (secondary N) is 2. The molecule has 106 valence electrons. The fourth-order valence-corrected chi connectivity index (χ4v) is 2.71. The molecule has 1 saturated carbocycles. The molecule has 0 atom stereocenters. The molecule has 0 saturated heterocycles. The maximum absolute atomic E-state index is 10.0. The highest BCUT2D eigenvalue weighted by molar-refractivity contribution is 7.09. The molecule has 6 heteroatoms. The van der Waals surface area contributed by atoms with Crippen LogP contribution in [0.1, 0.15) is 30.0 Å². The zero-order valence-corrected chi connectivity index (χ0v) is 12.4. The molecule has 1 aromatic rings. The average Bonchev–Trinajstić information content (AvgIpc) is 2.77. The molecule has 0 unspecified atom stereocenters. The van der Waals surface area contributed by atoms with Gasteiger partial charge in [-0.25, -0.2) is 4.98 Å². The van der Waals surface area contributed by atoms with Crippen molar-refractivity contribution in [3.8, 4) is 0 Å². The summed E-state index contributed by atoms with van der Waals surface area (Å²) in [7, 11) is 1.74. The van der Waals surface area contributed by atoms with Gasteiger partial charge in [-0.3, -0.25) is 4.99 Å². The number of rotatable bonds is 5. The Kier molecular flexibility index (Phi) is 4.76. The van der Waals surface area contributed by atoms with Crippen molar-refractivity contribution in [2.75, 3.05) is 20.1 Å². The van der Waals surface area contributed by atoms with Gasteiger partial charge in [-0.2, -0.15) is 0 Å². The van der Waals surface area contributed by atoms with E-state index in [1.54, 1.807) is 18.4 Å². The van der Waals surface area contributed by atoms with Gasteiger partial charge in [0.05, 0.1) is 16.3 Å². The van der Waals surface area contributed by atoms with Crippen LogP contribution in [0.4, 0.5) is 0 Å². The van der Waals surface area contributed by atoms with E-state index in [2.05, 4.69) is 26.0 Å². The summed E-state index contributed by atoms with van der Waals surface area (Å²) in [5.41, 5.74) is 0.590. The highest BCUT2D eigenvalue weighted by Gasteiger charge is 2.34. The van der Waals surface area contributed by atoms with E-state index in [0.717, 1.165) is 48.9 Å². The summed E-state index contributed by atoms with van der Waals surface area (Å²) in [5, 5.41) is 19.6. The number of thiazole rings is 1. The maximum Gasteiger partial charge on any atom is 0.191 e. The summed E-state index contributed by atoms with van der Waals surface area (Å²) in [5.74, 6) is 0.743. The first-order valence-corrected chi connectivity index (χ1v) is 7.57. The van der Waals surface area contributed by atoms with E-state index in [1.807, 2.05) is 6.92 Å². The predicted octanol–water partition coefficient (Wildman–Crippen LogP) is 1.07. The summed E-state index contributed by atoms with van der Waals surface area (Å²) < 4.78 is 0. The molecule has 0 aromatic carbocycles. The molecule has 1 aliphatic carbocycles. The average molecular weight is 282 g/mol. The van der Waals surface area contributed by atoms with Crippen molar-refractivity contribution in [1.82, 2.24) is 15.6 Å². The molecule has 0 bridgehead atoms. The molecule has 1 aliphatic rings. The Balaban J connectivity index is 1.68. The van der Waals surface area contributed by atoms with E-state index >= 15 is 0 Å². The van der Waals surface area contributed by atoms with Crippen LogP contribution in [0.3, 0.4) is 0 Å². The Morgan fingerprint density at radius 2 is 2.32 bits per heavy atom. The molecule has 1 aromatic heterocycles. The van der Waals surface area contributed by atoms with Crippen LogP contribution >= 0.6 is 11.3 Å². The topological polar surface area (TPSA) is 69.5 Å². The summed E-state index contributed by atoms with van der Waals surface area (Å²) in [6, 6.07) is 0. The molecule has 0 spiro atoms. The van der Waals surface area contributed by atoms with Crippen LogP contribution < -0.4 is 10.6 Å². The molecule has 0 amide bonds. The van der Waals surface area contributed by atoms with Gasteiger partial charge in [0.25, 0.3) is 0 Å². The van der Waals surface area contributed by atoms with Crippen molar-refractivity contribution in [3.63, 3.8) is 0 Å². The lowest BCUT2D eigenvalue weighted by Gasteiger charge is -2.36. The van der Waals surface area contributed by atoms with Gasteiger partial charge in [-0.1, -0.05) is 0 Å². The van der Waals surface area contributed by atoms with Crippen molar-refractivity contribution in [3.05, 3.63) is 16.1 Å². The number of aromatic nitrogens is 1. The van der Waals surface area contributed by atoms with Crippen LogP contribution in [-0.4, -0.2) is 41.8 Å². The number of nitrogens with zero attached hydrogens (tertiary/aromatic N) is 2. The molecule has 5 nitrogen and oxygen atoms in total. The van der Waals surface area contributed by atoms with Crippen LogP contribution in [-0.2, 0) is 6.42 Å². The number of aliphatic imine (C=N–C) groups is 1. The van der Waals surface area contributed by atoms with Crippen LogP contribution in [0.2, 0.25) is 0 Å². The quantitative estimate of drug-likeness (QED) is 0.558. The van der Waals surface area contributed by atoms with Gasteiger partial charge in [0.1, 0.15) is 0 Å². The second-order valence-electron chi connectivity index (χ2n) is 5.04. The van der Waals surface area contributed by atoms with Gasteiger partial charge in [-0.15, -0.1) is 11.3 Å². The van der Waals surface area contributed by atoms with E-state index in [1.165, 1.54) is 0 Å². The van der Waals surface area contributed by atoms with Gasteiger partial charge in [-0.05, 0) is 26.2 Å². The Morgan fingerprint density at radius 1 is 1.53 bits per heavy atom. The summed E-state index contributed by atoms with van der Waals surface area (Å²) in [6.45, 7) is 3.38. The lowest BCUT2D eigenvalue weighted by Crippen LogP contribution is -2.50. The number of aliphatic hydroxyl groups is 1. The van der Waals surface area contributed by atoms with Crippen LogP contribution in [0.5, 0.6) is 0 Å². The fraction of sp³-hybridized carbons (Fsp3) is 0.692. The summed E-state index contributed by atoms with van der Waals surface area (Å²) >= 11 is 1.68. The van der Waals surface area contributed by atoms with E-state index in [0.29, 0.717) is 6.54 Å². The Labute approximate surface area is 118 Å². The molecule has 2 rings (SSSR count). The summed E-state index contributed by atoms with van der Waals surface area (Å²) in [4.78, 5) is 8.57. The minimum Gasteiger partial charge on any atom is -0.388 e. The normalized spacial score (nSPS) is 17.9. The van der Waals surface area contributed by atoms with Crippen molar-refractivity contribution in [1.29, 1.82) is 0 Å². The largest absolute Gasteiger partial charge is 0.388 e. The van der Waals surface area contributed by atoms with E-state index in [-0.39, 0.29) is 0 Å². The van der Waals surface area contributed by atoms with Crippen LogP contribution in [0, 0.1) is 6.92 Å². The number of hydrogen-bond donors (Lipinski definition) is 3. The number of hydrogen-bond acceptors (Lipinski definition) is 4. The molecule has 19 heavy (non-hydrogen) atoms. The lowest BCUT2D eigenvalue weighted by atomic mass is 9.80. The van der Waals surface area contributed by atoms with E-state index in [9.17, 15) is 5.11 Å². The van der Waals surface area contributed by atoms with Gasteiger partial charge in [0.2, 0.25) is 0 Å². The van der Waals surface area contributed by atoms with E-state index in [4.69, 9.17) is 0 Å². The molecule has 0 aliphatic heterocycles. The zero-order chi connectivity index (χ0) is 13.7. The first-order valence-electron chi connectivity index (χ1n) is 6.69. The van der Waals surface area contributed by atoms with Crippen molar-refractivity contribution >= 4 is 17.3 Å². The monoisotopic (exact) mass is 282 g/mol. The molecule has 0 radical (unpaired) electrons. The van der Waals surface area contributed by atoms with E-state index < -0.39 is 5.60 Å². The van der Waals surface area contributed by atoms with Gasteiger partial charge in [0, 0.05) is 31.9 Å². The smallest absolute Gasteiger partial charge is 0.191 e. The molecule has 1 fully saturated rings. The van der Waals surface area contributed by atoms with Gasteiger partial charge >= 0.3 is 0 Å². The van der Waals surface area contributed by atoms with Crippen molar-refractivity contribution in [2.24, 2.45) is 4.99 Å². The zero-order valence-electron chi connectivity index (χ0n) is 11.6. The van der Waals surface area contributed by atoms with Crippen LogP contribution in [0.15, 0.2) is 10.4 Å². The third-order valence-electron chi connectivity index (χ3n) is 3.43. The lowest BCUT2D eigenvalue weighted by molar-refractivity contribution is -0.0279. The molecular weight excluding hydrogens is 260 g/mol. The molecule has 1 heterocycles. The summed E-state index contributed by atoms with van der Waals surface area (Å²) in [6.07, 6.45) is 3.77. The van der Waals surface area contributed by atoms with Crippen molar-refractivity contribution in [2.45, 2.75) is 38.2 Å². The van der Waals surface area contributed by atoms with Crippen molar-refractivity contribution < 1.29 is 5.11 Å².